The number of piperazine rings is 1. The van der Waals surface area contributed by atoms with Crippen molar-refractivity contribution in [1.29, 1.82) is 5.26 Å². The summed E-state index contributed by atoms with van der Waals surface area (Å²) < 4.78 is 0. The van der Waals surface area contributed by atoms with Gasteiger partial charge in [-0.25, -0.2) is 0 Å². The minimum atomic E-state index is -0.877. The number of carbonyl (C=O) groups excluding carboxylic acids is 2. The van der Waals surface area contributed by atoms with E-state index in [4.69, 9.17) is 23.2 Å². The second-order valence-electron chi connectivity index (χ2n) is 6.70. The summed E-state index contributed by atoms with van der Waals surface area (Å²) in [6, 6.07) is 5.68. The molecule has 24 heavy (non-hydrogen) atoms. The molecule has 0 saturated carbocycles. The second-order valence-corrected chi connectivity index (χ2v) is 7.51. The molecule has 5 nitrogen and oxygen atoms in total. The Kier molecular flexibility index (Phi) is 4.01. The SMILES string of the molecule is C[C@H]1C(=O)N2C(C[C@](C)(C#N)[C@@H]2c2ccc(Cl)c(Cl)c2)C(=O)N1C. The van der Waals surface area contributed by atoms with Gasteiger partial charge in [-0.15, -0.1) is 0 Å². The maximum absolute atomic E-state index is 12.9. The molecule has 3 rings (SSSR count). The number of hydrogen-bond donors (Lipinski definition) is 0. The second kappa shape index (κ2) is 5.65. The van der Waals surface area contributed by atoms with Crippen molar-refractivity contribution in [1.82, 2.24) is 9.80 Å². The van der Waals surface area contributed by atoms with Crippen molar-refractivity contribution in [3.8, 4) is 6.07 Å². The lowest BCUT2D eigenvalue weighted by atomic mass is 9.79. The summed E-state index contributed by atoms with van der Waals surface area (Å²) in [5, 5.41) is 10.5. The fraction of sp³-hybridized carbons (Fsp3) is 0.471. The maximum Gasteiger partial charge on any atom is 0.246 e. The first kappa shape index (κ1) is 17.1. The van der Waals surface area contributed by atoms with Crippen LogP contribution in [0.15, 0.2) is 18.2 Å². The molecule has 1 aromatic rings. The molecule has 2 amide bonds. The first-order valence-electron chi connectivity index (χ1n) is 7.66. The molecule has 2 heterocycles. The van der Waals surface area contributed by atoms with Crippen LogP contribution in [0.3, 0.4) is 0 Å². The summed E-state index contributed by atoms with van der Waals surface area (Å²) in [5.41, 5.74) is -0.160. The van der Waals surface area contributed by atoms with Crippen LogP contribution >= 0.6 is 23.2 Å². The number of likely N-dealkylation sites (N-methyl/N-ethyl adjacent to an activating group) is 1. The number of rotatable bonds is 1. The van der Waals surface area contributed by atoms with E-state index in [0.29, 0.717) is 22.0 Å². The third-order valence-electron chi connectivity index (χ3n) is 5.18. The molecule has 0 aromatic heterocycles. The van der Waals surface area contributed by atoms with Crippen molar-refractivity contribution >= 4 is 35.0 Å². The Morgan fingerprint density at radius 3 is 2.50 bits per heavy atom. The minimum absolute atomic E-state index is 0.133. The zero-order valence-corrected chi connectivity index (χ0v) is 15.1. The highest BCUT2D eigenvalue weighted by molar-refractivity contribution is 6.42. The Hall–Kier alpha value is -1.77. The third-order valence-corrected chi connectivity index (χ3v) is 5.91. The van der Waals surface area contributed by atoms with Gasteiger partial charge in [0, 0.05) is 7.05 Å². The van der Waals surface area contributed by atoms with Crippen LogP contribution in [0.2, 0.25) is 10.0 Å². The molecular weight excluding hydrogens is 349 g/mol. The van der Waals surface area contributed by atoms with Crippen LogP contribution < -0.4 is 0 Å². The molecule has 1 aromatic carbocycles. The summed E-state index contributed by atoms with van der Waals surface area (Å²) in [6.07, 6.45) is 0.302. The standard InChI is InChI=1S/C17H17Cl2N3O2/c1-9-15(23)22-13(16(24)21(9)3)7-17(2,8-20)14(22)10-4-5-11(18)12(19)6-10/h4-6,9,13-14H,7H2,1-3H3/t9-,13?,14-,17+/m0/s1. The fourth-order valence-corrected chi connectivity index (χ4v) is 4.02. The van der Waals surface area contributed by atoms with Crippen molar-refractivity contribution in [3.63, 3.8) is 0 Å². The molecule has 2 saturated heterocycles. The molecular formula is C17H17Cl2N3O2. The number of amides is 2. The molecule has 1 unspecified atom stereocenters. The molecule has 4 atom stereocenters. The smallest absolute Gasteiger partial charge is 0.246 e. The van der Waals surface area contributed by atoms with Gasteiger partial charge in [0.2, 0.25) is 11.8 Å². The van der Waals surface area contributed by atoms with E-state index in [9.17, 15) is 14.9 Å². The van der Waals surface area contributed by atoms with Crippen LogP contribution in [0.4, 0.5) is 0 Å². The van der Waals surface area contributed by atoms with E-state index in [1.54, 1.807) is 44.0 Å². The van der Waals surface area contributed by atoms with E-state index in [0.717, 1.165) is 0 Å². The van der Waals surface area contributed by atoms with Gasteiger partial charge in [-0.3, -0.25) is 9.59 Å². The number of hydrogen-bond acceptors (Lipinski definition) is 3. The van der Waals surface area contributed by atoms with Gasteiger partial charge in [0.15, 0.2) is 0 Å². The topological polar surface area (TPSA) is 64.4 Å². The predicted molar refractivity (Wildman–Crippen MR) is 90.4 cm³/mol. The molecule has 2 fully saturated rings. The summed E-state index contributed by atoms with van der Waals surface area (Å²) >= 11 is 12.1. The average Bonchev–Trinajstić information content (AvgIpc) is 2.88. The highest BCUT2D eigenvalue weighted by atomic mass is 35.5. The Morgan fingerprint density at radius 1 is 1.25 bits per heavy atom. The van der Waals surface area contributed by atoms with E-state index < -0.39 is 23.5 Å². The molecule has 0 spiro atoms. The molecule has 2 aliphatic rings. The van der Waals surface area contributed by atoms with Crippen molar-refractivity contribution in [3.05, 3.63) is 33.8 Å². The zero-order chi connectivity index (χ0) is 17.8. The van der Waals surface area contributed by atoms with E-state index in [2.05, 4.69) is 6.07 Å². The van der Waals surface area contributed by atoms with Crippen molar-refractivity contribution in [2.45, 2.75) is 38.4 Å². The Morgan fingerprint density at radius 2 is 1.92 bits per heavy atom. The lowest BCUT2D eigenvalue weighted by Gasteiger charge is -2.42. The first-order chi connectivity index (χ1) is 11.2. The van der Waals surface area contributed by atoms with Crippen molar-refractivity contribution in [2.75, 3.05) is 7.05 Å². The van der Waals surface area contributed by atoms with E-state index >= 15 is 0 Å². The fourth-order valence-electron chi connectivity index (χ4n) is 3.71. The van der Waals surface area contributed by atoms with Crippen LogP contribution in [0, 0.1) is 16.7 Å². The van der Waals surface area contributed by atoms with Crippen LogP contribution in [0.1, 0.15) is 31.9 Å². The summed E-state index contributed by atoms with van der Waals surface area (Å²) in [6.45, 7) is 3.48. The molecule has 0 radical (unpaired) electrons. The molecule has 126 valence electrons. The van der Waals surface area contributed by atoms with E-state index in [-0.39, 0.29) is 11.8 Å². The van der Waals surface area contributed by atoms with Crippen LogP contribution in [-0.4, -0.2) is 40.7 Å². The Bertz CT molecular complexity index is 776. The number of carbonyl (C=O) groups is 2. The Balaban J connectivity index is 2.15. The lowest BCUT2D eigenvalue weighted by Crippen LogP contribution is -2.60. The number of fused-ring (bicyclic) bond motifs is 1. The maximum atomic E-state index is 12.9. The third kappa shape index (κ3) is 2.28. The van der Waals surface area contributed by atoms with Crippen LogP contribution in [-0.2, 0) is 9.59 Å². The number of nitrogens with zero attached hydrogens (tertiary/aromatic N) is 3. The average molecular weight is 366 g/mol. The normalized spacial score (nSPS) is 32.8. The van der Waals surface area contributed by atoms with E-state index in [1.165, 1.54) is 4.90 Å². The first-order valence-corrected chi connectivity index (χ1v) is 8.42. The largest absolute Gasteiger partial charge is 0.332 e. The number of halogens is 2. The zero-order valence-electron chi connectivity index (χ0n) is 13.6. The molecule has 0 aliphatic carbocycles. The van der Waals surface area contributed by atoms with Gasteiger partial charge in [0.05, 0.1) is 27.6 Å². The van der Waals surface area contributed by atoms with Gasteiger partial charge in [-0.2, -0.15) is 5.26 Å². The quantitative estimate of drug-likeness (QED) is 0.768. The van der Waals surface area contributed by atoms with E-state index in [1.807, 2.05) is 0 Å². The van der Waals surface area contributed by atoms with Gasteiger partial charge in [-0.1, -0.05) is 29.3 Å². The number of nitriles is 1. The molecule has 0 bridgehead atoms. The van der Waals surface area contributed by atoms with Crippen LogP contribution in [0.5, 0.6) is 0 Å². The molecule has 2 aliphatic heterocycles. The lowest BCUT2D eigenvalue weighted by molar-refractivity contribution is -0.159. The van der Waals surface area contributed by atoms with Crippen LogP contribution in [0.25, 0.3) is 0 Å². The summed E-state index contributed by atoms with van der Waals surface area (Å²) in [4.78, 5) is 28.5. The highest BCUT2D eigenvalue weighted by Gasteiger charge is 2.58. The predicted octanol–water partition coefficient (Wildman–Crippen LogP) is 3.03. The van der Waals surface area contributed by atoms with Gasteiger partial charge < -0.3 is 9.80 Å². The molecule has 7 heteroatoms. The monoisotopic (exact) mass is 365 g/mol. The van der Waals surface area contributed by atoms with Crippen molar-refractivity contribution in [2.24, 2.45) is 5.41 Å². The summed E-state index contributed by atoms with van der Waals surface area (Å²) in [5.74, 6) is -0.289. The van der Waals surface area contributed by atoms with Gasteiger partial charge in [0.25, 0.3) is 0 Å². The van der Waals surface area contributed by atoms with Gasteiger partial charge >= 0.3 is 0 Å². The van der Waals surface area contributed by atoms with Gasteiger partial charge in [0.1, 0.15) is 12.1 Å². The molecule has 0 N–H and O–H groups in total. The van der Waals surface area contributed by atoms with Crippen molar-refractivity contribution < 1.29 is 9.59 Å². The number of benzene rings is 1. The highest BCUT2D eigenvalue weighted by Crippen LogP contribution is 2.52. The minimum Gasteiger partial charge on any atom is -0.332 e. The summed E-state index contributed by atoms with van der Waals surface area (Å²) in [7, 11) is 1.62. The van der Waals surface area contributed by atoms with Gasteiger partial charge in [-0.05, 0) is 38.0 Å². The Labute approximate surface area is 150 Å².